The van der Waals surface area contributed by atoms with E-state index in [2.05, 4.69) is 17.4 Å². The standard InChI is InChI=1S/C23H23N3O2/c1-16(2)24-23(27)14-26-20-12-6-5-11-19(20)25-22(26)15-28-21-13-7-9-17-8-3-4-10-18(17)21/h3-13,16H,14-15H2,1-2H3,(H,24,27). The molecule has 1 aromatic heterocycles. The Hall–Kier alpha value is -3.34. The van der Waals surface area contributed by atoms with Crippen molar-refractivity contribution in [3.63, 3.8) is 0 Å². The average Bonchev–Trinajstić information content (AvgIpc) is 3.03. The van der Waals surface area contributed by atoms with Gasteiger partial charge in [-0.1, -0.05) is 48.5 Å². The number of hydrogen-bond acceptors (Lipinski definition) is 3. The van der Waals surface area contributed by atoms with Crippen LogP contribution >= 0.6 is 0 Å². The number of nitrogens with one attached hydrogen (secondary N) is 1. The van der Waals surface area contributed by atoms with Gasteiger partial charge >= 0.3 is 0 Å². The van der Waals surface area contributed by atoms with Crippen molar-refractivity contribution < 1.29 is 9.53 Å². The molecule has 0 bridgehead atoms. The molecule has 0 spiro atoms. The van der Waals surface area contributed by atoms with Gasteiger partial charge in [-0.05, 0) is 37.4 Å². The summed E-state index contributed by atoms with van der Waals surface area (Å²) >= 11 is 0. The summed E-state index contributed by atoms with van der Waals surface area (Å²) in [4.78, 5) is 17.1. The van der Waals surface area contributed by atoms with Crippen LogP contribution in [-0.4, -0.2) is 21.5 Å². The second-order valence-electron chi connectivity index (χ2n) is 7.09. The molecule has 0 aliphatic carbocycles. The number of nitrogens with zero attached hydrogens (tertiary/aromatic N) is 2. The molecule has 0 radical (unpaired) electrons. The number of hydrogen-bond donors (Lipinski definition) is 1. The van der Waals surface area contributed by atoms with Crippen molar-refractivity contribution in [2.24, 2.45) is 0 Å². The molecule has 0 unspecified atom stereocenters. The van der Waals surface area contributed by atoms with E-state index in [1.54, 1.807) is 0 Å². The van der Waals surface area contributed by atoms with E-state index in [9.17, 15) is 4.79 Å². The highest BCUT2D eigenvalue weighted by Gasteiger charge is 2.15. The summed E-state index contributed by atoms with van der Waals surface area (Å²) < 4.78 is 8.05. The van der Waals surface area contributed by atoms with E-state index in [1.165, 1.54) is 0 Å². The van der Waals surface area contributed by atoms with Crippen LogP contribution in [0.2, 0.25) is 0 Å². The molecule has 4 aromatic rings. The van der Waals surface area contributed by atoms with Crippen LogP contribution in [0.4, 0.5) is 0 Å². The van der Waals surface area contributed by atoms with E-state index in [1.807, 2.05) is 73.0 Å². The lowest BCUT2D eigenvalue weighted by atomic mass is 10.1. The van der Waals surface area contributed by atoms with E-state index in [0.29, 0.717) is 0 Å². The van der Waals surface area contributed by atoms with Gasteiger partial charge in [-0.25, -0.2) is 4.98 Å². The third-order valence-electron chi connectivity index (χ3n) is 4.59. The maximum atomic E-state index is 12.4. The molecule has 4 rings (SSSR count). The summed E-state index contributed by atoms with van der Waals surface area (Å²) in [5, 5.41) is 5.13. The highest BCUT2D eigenvalue weighted by atomic mass is 16.5. The number of fused-ring (bicyclic) bond motifs is 2. The Bertz CT molecular complexity index is 1130. The van der Waals surface area contributed by atoms with Gasteiger partial charge in [-0.15, -0.1) is 0 Å². The molecule has 0 aliphatic rings. The zero-order valence-corrected chi connectivity index (χ0v) is 16.1. The van der Waals surface area contributed by atoms with Gasteiger partial charge in [-0.2, -0.15) is 0 Å². The molecule has 0 atom stereocenters. The Morgan fingerprint density at radius 3 is 2.64 bits per heavy atom. The first-order chi connectivity index (χ1) is 13.6. The predicted octanol–water partition coefficient (Wildman–Crippen LogP) is 4.29. The van der Waals surface area contributed by atoms with Gasteiger partial charge in [0.2, 0.25) is 5.91 Å². The van der Waals surface area contributed by atoms with Gasteiger partial charge in [0.1, 0.15) is 24.7 Å². The van der Waals surface area contributed by atoms with Crippen LogP contribution in [0.3, 0.4) is 0 Å². The van der Waals surface area contributed by atoms with Crippen molar-refractivity contribution in [2.45, 2.75) is 33.0 Å². The van der Waals surface area contributed by atoms with Crippen LogP contribution in [0.15, 0.2) is 66.7 Å². The molecular formula is C23H23N3O2. The van der Waals surface area contributed by atoms with Crippen molar-refractivity contribution in [2.75, 3.05) is 0 Å². The van der Waals surface area contributed by atoms with Crippen LogP contribution in [0.1, 0.15) is 19.7 Å². The Labute approximate surface area is 164 Å². The first-order valence-corrected chi connectivity index (χ1v) is 9.46. The summed E-state index contributed by atoms with van der Waals surface area (Å²) in [5.41, 5.74) is 1.79. The molecule has 5 nitrogen and oxygen atoms in total. The quantitative estimate of drug-likeness (QED) is 0.548. The molecule has 28 heavy (non-hydrogen) atoms. The van der Waals surface area contributed by atoms with Crippen molar-refractivity contribution in [1.29, 1.82) is 0 Å². The third kappa shape index (κ3) is 3.69. The highest BCUT2D eigenvalue weighted by molar-refractivity contribution is 5.88. The first-order valence-electron chi connectivity index (χ1n) is 9.46. The second kappa shape index (κ2) is 7.72. The van der Waals surface area contributed by atoms with Gasteiger partial charge in [0.05, 0.1) is 11.0 Å². The number of carbonyl (C=O) groups excluding carboxylic acids is 1. The van der Waals surface area contributed by atoms with Gasteiger partial charge < -0.3 is 14.6 Å². The van der Waals surface area contributed by atoms with Crippen LogP contribution in [-0.2, 0) is 17.9 Å². The Morgan fingerprint density at radius 2 is 1.79 bits per heavy atom. The minimum absolute atomic E-state index is 0.0374. The van der Waals surface area contributed by atoms with Crippen molar-refractivity contribution in [3.8, 4) is 5.75 Å². The van der Waals surface area contributed by atoms with E-state index in [0.717, 1.165) is 33.4 Å². The van der Waals surface area contributed by atoms with Crippen LogP contribution in [0.25, 0.3) is 21.8 Å². The fraction of sp³-hybridized carbons (Fsp3) is 0.217. The SMILES string of the molecule is CC(C)NC(=O)Cn1c(COc2cccc3ccccc23)nc2ccccc21. The maximum absolute atomic E-state index is 12.4. The Balaban J connectivity index is 1.64. The molecule has 0 saturated heterocycles. The Morgan fingerprint density at radius 1 is 1.04 bits per heavy atom. The van der Waals surface area contributed by atoms with Crippen LogP contribution in [0, 0.1) is 0 Å². The summed E-state index contributed by atoms with van der Waals surface area (Å²) in [5.74, 6) is 1.50. The van der Waals surface area contributed by atoms with E-state index < -0.39 is 0 Å². The summed E-state index contributed by atoms with van der Waals surface area (Å²) in [7, 11) is 0. The fourth-order valence-corrected chi connectivity index (χ4v) is 3.39. The molecule has 1 N–H and O–H groups in total. The maximum Gasteiger partial charge on any atom is 0.240 e. The molecule has 3 aromatic carbocycles. The highest BCUT2D eigenvalue weighted by Crippen LogP contribution is 2.26. The average molecular weight is 373 g/mol. The number of carbonyl (C=O) groups is 1. The van der Waals surface area contributed by atoms with Gasteiger partial charge in [0, 0.05) is 11.4 Å². The zero-order valence-electron chi connectivity index (χ0n) is 16.1. The molecule has 1 amide bonds. The first kappa shape index (κ1) is 18.0. The molecule has 5 heteroatoms. The largest absolute Gasteiger partial charge is 0.485 e. The monoisotopic (exact) mass is 373 g/mol. The zero-order chi connectivity index (χ0) is 19.5. The van der Waals surface area contributed by atoms with Gasteiger partial charge in [-0.3, -0.25) is 4.79 Å². The Kier molecular flexibility index (Phi) is 4.98. The summed E-state index contributed by atoms with van der Waals surface area (Å²) in [6, 6.07) is 22.1. The number of aromatic nitrogens is 2. The fourth-order valence-electron chi connectivity index (χ4n) is 3.39. The summed E-state index contributed by atoms with van der Waals surface area (Å²) in [6.45, 7) is 4.41. The number of ether oxygens (including phenoxy) is 1. The van der Waals surface area contributed by atoms with E-state index >= 15 is 0 Å². The molecule has 0 aliphatic heterocycles. The van der Waals surface area contributed by atoms with Crippen LogP contribution in [0.5, 0.6) is 5.75 Å². The summed E-state index contributed by atoms with van der Waals surface area (Å²) in [6.07, 6.45) is 0. The van der Waals surface area contributed by atoms with Gasteiger partial charge in [0.15, 0.2) is 0 Å². The predicted molar refractivity (Wildman–Crippen MR) is 111 cm³/mol. The lowest BCUT2D eigenvalue weighted by molar-refractivity contribution is -0.122. The smallest absolute Gasteiger partial charge is 0.240 e. The number of para-hydroxylation sites is 2. The lowest BCUT2D eigenvalue weighted by Gasteiger charge is -2.13. The molecule has 0 fully saturated rings. The minimum atomic E-state index is -0.0374. The van der Waals surface area contributed by atoms with Crippen LogP contribution < -0.4 is 10.1 Å². The lowest BCUT2D eigenvalue weighted by Crippen LogP contribution is -2.33. The topological polar surface area (TPSA) is 56.2 Å². The molecular weight excluding hydrogens is 350 g/mol. The van der Waals surface area contributed by atoms with E-state index in [4.69, 9.17) is 9.72 Å². The van der Waals surface area contributed by atoms with E-state index in [-0.39, 0.29) is 25.1 Å². The number of benzene rings is 3. The molecule has 142 valence electrons. The normalized spacial score (nSPS) is 11.2. The van der Waals surface area contributed by atoms with Crippen molar-refractivity contribution >= 4 is 27.7 Å². The van der Waals surface area contributed by atoms with Crippen molar-refractivity contribution in [3.05, 3.63) is 72.6 Å². The van der Waals surface area contributed by atoms with Crippen molar-refractivity contribution in [1.82, 2.24) is 14.9 Å². The number of amides is 1. The van der Waals surface area contributed by atoms with Gasteiger partial charge in [0.25, 0.3) is 0 Å². The third-order valence-corrected chi connectivity index (χ3v) is 4.59. The minimum Gasteiger partial charge on any atom is -0.485 e. The number of rotatable bonds is 6. The number of imidazole rings is 1. The molecule has 1 heterocycles. The second-order valence-corrected chi connectivity index (χ2v) is 7.09. The molecule has 0 saturated carbocycles.